The van der Waals surface area contributed by atoms with Crippen molar-refractivity contribution < 1.29 is 4.79 Å². The van der Waals surface area contributed by atoms with Gasteiger partial charge in [-0.1, -0.05) is 44.2 Å². The Labute approximate surface area is 167 Å². The standard InChI is InChI=1S/C21H30N6O/c1-5-22-20(23-16-21(2,3)17-9-7-6-8-10-17)26-11-12-27(19(28)15-26)18-13-24-25(4)14-18/h6-10,13-14H,5,11-12,15-16H2,1-4H3,(H,22,23). The number of aliphatic imine (C=N–C) groups is 1. The van der Waals surface area contributed by atoms with E-state index in [1.54, 1.807) is 15.8 Å². The maximum absolute atomic E-state index is 12.7. The van der Waals surface area contributed by atoms with Crippen LogP contribution in [0.2, 0.25) is 0 Å². The Morgan fingerprint density at radius 1 is 1.25 bits per heavy atom. The second-order valence-corrected chi connectivity index (χ2v) is 7.76. The number of amides is 1. The SMILES string of the molecule is CCNC(=NCC(C)(C)c1ccccc1)N1CCN(c2cnn(C)c2)C(=O)C1. The molecule has 1 saturated heterocycles. The smallest absolute Gasteiger partial charge is 0.246 e. The Balaban J connectivity index is 1.70. The molecule has 28 heavy (non-hydrogen) atoms. The molecule has 7 heteroatoms. The summed E-state index contributed by atoms with van der Waals surface area (Å²) >= 11 is 0. The molecule has 1 aliphatic rings. The predicted octanol–water partition coefficient (Wildman–Crippen LogP) is 2.01. The normalized spacial score (nSPS) is 15.9. The number of rotatable bonds is 5. The molecule has 1 aliphatic heterocycles. The fraction of sp³-hybridized carbons (Fsp3) is 0.476. The van der Waals surface area contributed by atoms with Crippen molar-refractivity contribution in [1.82, 2.24) is 20.0 Å². The Hall–Kier alpha value is -2.83. The van der Waals surface area contributed by atoms with E-state index in [4.69, 9.17) is 4.99 Å². The minimum atomic E-state index is -0.0799. The van der Waals surface area contributed by atoms with Crippen molar-refractivity contribution >= 4 is 17.6 Å². The zero-order valence-electron chi connectivity index (χ0n) is 17.2. The van der Waals surface area contributed by atoms with E-state index >= 15 is 0 Å². The summed E-state index contributed by atoms with van der Waals surface area (Å²) in [5, 5.41) is 7.51. The number of aryl methyl sites for hydroxylation is 1. The van der Waals surface area contributed by atoms with E-state index in [2.05, 4.69) is 48.5 Å². The first-order chi connectivity index (χ1) is 13.4. The topological polar surface area (TPSA) is 65.8 Å². The van der Waals surface area contributed by atoms with Crippen LogP contribution in [0, 0.1) is 0 Å². The molecule has 0 bridgehead atoms. The third-order valence-corrected chi connectivity index (χ3v) is 5.04. The lowest BCUT2D eigenvalue weighted by Gasteiger charge is -2.36. The van der Waals surface area contributed by atoms with Crippen LogP contribution in [0.3, 0.4) is 0 Å². The number of carbonyl (C=O) groups excluding carboxylic acids is 1. The van der Waals surface area contributed by atoms with Gasteiger partial charge in [-0.25, -0.2) is 0 Å². The molecule has 1 N–H and O–H groups in total. The molecule has 0 radical (unpaired) electrons. The van der Waals surface area contributed by atoms with Gasteiger partial charge in [-0.15, -0.1) is 0 Å². The molecule has 3 rings (SSSR count). The lowest BCUT2D eigenvalue weighted by molar-refractivity contribution is -0.120. The van der Waals surface area contributed by atoms with E-state index in [-0.39, 0.29) is 11.3 Å². The molecule has 150 valence electrons. The number of piperazine rings is 1. The number of hydrogen-bond acceptors (Lipinski definition) is 3. The fourth-order valence-corrected chi connectivity index (χ4v) is 3.35. The van der Waals surface area contributed by atoms with Gasteiger partial charge in [0.25, 0.3) is 0 Å². The molecule has 0 unspecified atom stereocenters. The van der Waals surface area contributed by atoms with Crippen LogP contribution in [0.1, 0.15) is 26.3 Å². The largest absolute Gasteiger partial charge is 0.357 e. The monoisotopic (exact) mass is 382 g/mol. The Kier molecular flexibility index (Phi) is 6.02. The number of guanidine groups is 1. The highest BCUT2D eigenvalue weighted by molar-refractivity contribution is 5.98. The average Bonchev–Trinajstić information content (AvgIpc) is 3.12. The molecule has 2 heterocycles. The molecule has 1 aromatic heterocycles. The van der Waals surface area contributed by atoms with Crippen molar-refractivity contribution in [2.45, 2.75) is 26.2 Å². The molecular formula is C21H30N6O. The highest BCUT2D eigenvalue weighted by atomic mass is 16.2. The molecular weight excluding hydrogens is 352 g/mol. The summed E-state index contributed by atoms with van der Waals surface area (Å²) in [4.78, 5) is 21.4. The summed E-state index contributed by atoms with van der Waals surface area (Å²) in [7, 11) is 1.86. The van der Waals surface area contributed by atoms with Gasteiger partial charge in [0.2, 0.25) is 5.91 Å². The van der Waals surface area contributed by atoms with E-state index < -0.39 is 0 Å². The zero-order chi connectivity index (χ0) is 20.1. The van der Waals surface area contributed by atoms with Crippen molar-refractivity contribution in [3.8, 4) is 0 Å². The third kappa shape index (κ3) is 4.52. The summed E-state index contributed by atoms with van der Waals surface area (Å²) in [6.45, 7) is 9.52. The van der Waals surface area contributed by atoms with Gasteiger partial charge in [-0.2, -0.15) is 5.10 Å². The highest BCUT2D eigenvalue weighted by Gasteiger charge is 2.28. The minimum absolute atomic E-state index is 0.0622. The Morgan fingerprint density at radius 2 is 2.00 bits per heavy atom. The van der Waals surface area contributed by atoms with Crippen molar-refractivity contribution in [1.29, 1.82) is 0 Å². The fourth-order valence-electron chi connectivity index (χ4n) is 3.35. The molecule has 0 aliphatic carbocycles. The number of anilines is 1. The summed E-state index contributed by atoms with van der Waals surface area (Å²) < 4.78 is 1.71. The first kappa shape index (κ1) is 19.9. The summed E-state index contributed by atoms with van der Waals surface area (Å²) in [5.41, 5.74) is 2.02. The summed E-state index contributed by atoms with van der Waals surface area (Å²) in [5.74, 6) is 0.859. The summed E-state index contributed by atoms with van der Waals surface area (Å²) in [6.07, 6.45) is 3.60. The van der Waals surface area contributed by atoms with Crippen LogP contribution in [0.25, 0.3) is 0 Å². The van der Waals surface area contributed by atoms with E-state index in [1.807, 2.05) is 31.1 Å². The Bertz CT molecular complexity index is 826. The van der Waals surface area contributed by atoms with E-state index in [0.29, 0.717) is 19.6 Å². The molecule has 1 amide bonds. The van der Waals surface area contributed by atoms with E-state index in [0.717, 1.165) is 24.7 Å². The van der Waals surface area contributed by atoms with Crippen LogP contribution >= 0.6 is 0 Å². The molecule has 0 saturated carbocycles. The lowest BCUT2D eigenvalue weighted by atomic mass is 9.85. The first-order valence-corrected chi connectivity index (χ1v) is 9.78. The molecule has 1 fully saturated rings. The maximum atomic E-state index is 12.7. The van der Waals surface area contributed by atoms with Crippen molar-refractivity contribution in [2.75, 3.05) is 37.6 Å². The van der Waals surface area contributed by atoms with Gasteiger partial charge in [0.15, 0.2) is 5.96 Å². The van der Waals surface area contributed by atoms with Crippen LogP contribution in [-0.2, 0) is 17.3 Å². The van der Waals surface area contributed by atoms with E-state index in [1.165, 1.54) is 5.56 Å². The van der Waals surface area contributed by atoms with Gasteiger partial charge in [-0.3, -0.25) is 14.5 Å². The average molecular weight is 383 g/mol. The predicted molar refractivity (Wildman–Crippen MR) is 113 cm³/mol. The zero-order valence-corrected chi connectivity index (χ0v) is 17.2. The Morgan fingerprint density at radius 3 is 2.61 bits per heavy atom. The lowest BCUT2D eigenvalue weighted by Crippen LogP contribution is -2.55. The molecule has 2 aromatic rings. The molecule has 0 spiro atoms. The van der Waals surface area contributed by atoms with Crippen LogP contribution in [0.15, 0.2) is 47.7 Å². The number of benzene rings is 1. The minimum Gasteiger partial charge on any atom is -0.357 e. The molecule has 7 nitrogen and oxygen atoms in total. The maximum Gasteiger partial charge on any atom is 0.246 e. The van der Waals surface area contributed by atoms with Gasteiger partial charge < -0.3 is 15.1 Å². The third-order valence-electron chi connectivity index (χ3n) is 5.04. The summed E-state index contributed by atoms with van der Waals surface area (Å²) in [6, 6.07) is 10.4. The number of aromatic nitrogens is 2. The van der Waals surface area contributed by atoms with Crippen LogP contribution in [0.4, 0.5) is 5.69 Å². The van der Waals surface area contributed by atoms with Crippen LogP contribution in [0.5, 0.6) is 0 Å². The van der Waals surface area contributed by atoms with Crippen molar-refractivity contribution in [2.24, 2.45) is 12.0 Å². The van der Waals surface area contributed by atoms with Crippen molar-refractivity contribution in [3.63, 3.8) is 0 Å². The number of hydrogen-bond donors (Lipinski definition) is 1. The molecule has 1 aromatic carbocycles. The first-order valence-electron chi connectivity index (χ1n) is 9.78. The number of nitrogens with zero attached hydrogens (tertiary/aromatic N) is 5. The second kappa shape index (κ2) is 8.46. The van der Waals surface area contributed by atoms with E-state index in [9.17, 15) is 4.79 Å². The molecule has 0 atom stereocenters. The number of carbonyl (C=O) groups is 1. The quantitative estimate of drug-likeness (QED) is 0.635. The van der Waals surface area contributed by atoms with Crippen LogP contribution < -0.4 is 10.2 Å². The second-order valence-electron chi connectivity index (χ2n) is 7.76. The number of nitrogens with one attached hydrogen (secondary N) is 1. The van der Waals surface area contributed by atoms with Gasteiger partial charge in [0, 0.05) is 38.3 Å². The van der Waals surface area contributed by atoms with Gasteiger partial charge >= 0.3 is 0 Å². The van der Waals surface area contributed by atoms with Crippen molar-refractivity contribution in [3.05, 3.63) is 48.3 Å². The van der Waals surface area contributed by atoms with Gasteiger partial charge in [-0.05, 0) is 12.5 Å². The van der Waals surface area contributed by atoms with Gasteiger partial charge in [0.05, 0.1) is 18.4 Å². The van der Waals surface area contributed by atoms with Crippen LogP contribution in [-0.4, -0.2) is 59.3 Å². The van der Waals surface area contributed by atoms with Gasteiger partial charge in [0.1, 0.15) is 6.54 Å². The highest BCUT2D eigenvalue weighted by Crippen LogP contribution is 2.23.